The molecule has 0 aliphatic heterocycles. The molecule has 0 heterocycles. The van der Waals surface area contributed by atoms with E-state index in [9.17, 15) is 9.59 Å². The van der Waals surface area contributed by atoms with E-state index in [2.05, 4.69) is 0 Å². The van der Waals surface area contributed by atoms with Gasteiger partial charge in [0.05, 0.1) is 17.2 Å². The molecule has 0 aliphatic rings. The van der Waals surface area contributed by atoms with E-state index in [1.165, 1.54) is 24.3 Å². The van der Waals surface area contributed by atoms with Gasteiger partial charge in [-0.05, 0) is 52.0 Å². The average molecular weight is 288 g/mol. The summed E-state index contributed by atoms with van der Waals surface area (Å²) in [7, 11) is 0. The molecule has 0 radical (unpaired) electrons. The Labute approximate surface area is 125 Å². The minimum atomic E-state index is -0.569. The van der Waals surface area contributed by atoms with E-state index >= 15 is 0 Å². The number of hydrogen-bond acceptors (Lipinski definition) is 4. The molecule has 0 saturated heterocycles. The number of ether oxygens (including phenoxy) is 1. The number of nitriles is 1. The van der Waals surface area contributed by atoms with Crippen LogP contribution in [0.4, 0.5) is 0 Å². The smallest absolute Gasteiger partial charge is 0.338 e. The monoisotopic (exact) mass is 288 g/mol. The van der Waals surface area contributed by atoms with E-state index in [-0.39, 0.29) is 24.6 Å². The standard InChI is InChI=1S/C16H20N2O3/c1-11(2)18(12(3)4)15(19)10-21-16(20)14-7-5-13(9-17)6-8-14/h5-8,11-12H,10H2,1-4H3. The minimum absolute atomic E-state index is 0.0473. The lowest BCUT2D eigenvalue weighted by atomic mass is 10.1. The lowest BCUT2D eigenvalue weighted by molar-refractivity contribution is -0.138. The third-order valence-corrected chi connectivity index (χ3v) is 2.98. The van der Waals surface area contributed by atoms with E-state index in [1.54, 1.807) is 4.90 Å². The molecule has 1 aromatic rings. The zero-order valence-corrected chi connectivity index (χ0v) is 12.8. The summed E-state index contributed by atoms with van der Waals surface area (Å²) in [6.07, 6.45) is 0. The highest BCUT2D eigenvalue weighted by atomic mass is 16.5. The number of benzene rings is 1. The van der Waals surface area contributed by atoms with Gasteiger partial charge in [-0.3, -0.25) is 4.79 Å². The maximum absolute atomic E-state index is 12.1. The first-order valence-electron chi connectivity index (χ1n) is 6.85. The molecule has 5 nitrogen and oxygen atoms in total. The van der Waals surface area contributed by atoms with Gasteiger partial charge >= 0.3 is 5.97 Å². The van der Waals surface area contributed by atoms with E-state index in [0.29, 0.717) is 11.1 Å². The molecule has 0 aromatic heterocycles. The predicted octanol–water partition coefficient (Wildman–Crippen LogP) is 2.36. The lowest BCUT2D eigenvalue weighted by Gasteiger charge is -2.30. The fourth-order valence-corrected chi connectivity index (χ4v) is 2.14. The molecular weight excluding hydrogens is 268 g/mol. The summed E-state index contributed by atoms with van der Waals surface area (Å²) in [4.78, 5) is 25.6. The summed E-state index contributed by atoms with van der Waals surface area (Å²) >= 11 is 0. The van der Waals surface area contributed by atoms with Gasteiger partial charge in [-0.15, -0.1) is 0 Å². The van der Waals surface area contributed by atoms with Gasteiger partial charge in [0.25, 0.3) is 5.91 Å². The van der Waals surface area contributed by atoms with Crippen molar-refractivity contribution < 1.29 is 14.3 Å². The first-order chi connectivity index (χ1) is 9.86. The molecule has 0 bridgehead atoms. The molecule has 1 rings (SSSR count). The molecule has 1 amide bonds. The van der Waals surface area contributed by atoms with Crippen LogP contribution in [-0.2, 0) is 9.53 Å². The molecule has 5 heteroatoms. The molecule has 21 heavy (non-hydrogen) atoms. The first kappa shape index (κ1) is 16.7. The van der Waals surface area contributed by atoms with Crippen molar-refractivity contribution in [3.05, 3.63) is 35.4 Å². The van der Waals surface area contributed by atoms with Crippen molar-refractivity contribution in [2.45, 2.75) is 39.8 Å². The lowest BCUT2D eigenvalue weighted by Crippen LogP contribution is -2.44. The second-order valence-corrected chi connectivity index (χ2v) is 5.25. The van der Waals surface area contributed by atoms with Crippen molar-refractivity contribution in [3.63, 3.8) is 0 Å². The van der Waals surface area contributed by atoms with Gasteiger partial charge in [-0.1, -0.05) is 0 Å². The molecule has 0 fully saturated rings. The molecule has 1 aromatic carbocycles. The Kier molecular flexibility index (Phi) is 5.92. The molecule has 0 N–H and O–H groups in total. The number of carbonyl (C=O) groups is 2. The third-order valence-electron chi connectivity index (χ3n) is 2.98. The summed E-state index contributed by atoms with van der Waals surface area (Å²) < 4.78 is 5.03. The molecule has 112 valence electrons. The van der Waals surface area contributed by atoms with Crippen molar-refractivity contribution in [2.24, 2.45) is 0 Å². The van der Waals surface area contributed by atoms with Crippen LogP contribution in [0, 0.1) is 11.3 Å². The quantitative estimate of drug-likeness (QED) is 0.780. The highest BCUT2D eigenvalue weighted by Gasteiger charge is 2.21. The molecule has 0 unspecified atom stereocenters. The van der Waals surface area contributed by atoms with Crippen molar-refractivity contribution in [2.75, 3.05) is 6.61 Å². The van der Waals surface area contributed by atoms with Crippen LogP contribution in [0.25, 0.3) is 0 Å². The Balaban J connectivity index is 2.63. The van der Waals surface area contributed by atoms with Crippen LogP contribution < -0.4 is 0 Å². The van der Waals surface area contributed by atoms with E-state index in [0.717, 1.165) is 0 Å². The Hall–Kier alpha value is -2.35. The van der Waals surface area contributed by atoms with E-state index in [1.807, 2.05) is 33.8 Å². The zero-order chi connectivity index (χ0) is 16.0. The maximum Gasteiger partial charge on any atom is 0.338 e. The van der Waals surface area contributed by atoms with Crippen LogP contribution in [-0.4, -0.2) is 35.5 Å². The van der Waals surface area contributed by atoms with E-state index in [4.69, 9.17) is 10.00 Å². The van der Waals surface area contributed by atoms with Crippen LogP contribution in [0.15, 0.2) is 24.3 Å². The van der Waals surface area contributed by atoms with Crippen molar-refractivity contribution in [1.29, 1.82) is 5.26 Å². The number of amides is 1. The second-order valence-electron chi connectivity index (χ2n) is 5.25. The number of rotatable bonds is 5. The SMILES string of the molecule is CC(C)N(C(=O)COC(=O)c1ccc(C#N)cc1)C(C)C. The van der Waals surface area contributed by atoms with Gasteiger partial charge in [0, 0.05) is 12.1 Å². The number of carbonyl (C=O) groups excluding carboxylic acids is 2. The van der Waals surface area contributed by atoms with E-state index < -0.39 is 5.97 Å². The van der Waals surface area contributed by atoms with Gasteiger partial charge in [0.15, 0.2) is 6.61 Å². The Morgan fingerprint density at radius 3 is 2.10 bits per heavy atom. The van der Waals surface area contributed by atoms with Crippen LogP contribution in [0.5, 0.6) is 0 Å². The van der Waals surface area contributed by atoms with Crippen molar-refractivity contribution >= 4 is 11.9 Å². The van der Waals surface area contributed by atoms with Crippen LogP contribution in [0.2, 0.25) is 0 Å². The Morgan fingerprint density at radius 1 is 1.14 bits per heavy atom. The normalized spacial score (nSPS) is 10.3. The topological polar surface area (TPSA) is 70.4 Å². The van der Waals surface area contributed by atoms with Gasteiger partial charge < -0.3 is 9.64 Å². The van der Waals surface area contributed by atoms with Crippen molar-refractivity contribution in [3.8, 4) is 6.07 Å². The first-order valence-corrected chi connectivity index (χ1v) is 6.85. The summed E-state index contributed by atoms with van der Waals surface area (Å²) in [6, 6.07) is 8.15. The van der Waals surface area contributed by atoms with Gasteiger partial charge in [-0.25, -0.2) is 4.79 Å². The fourth-order valence-electron chi connectivity index (χ4n) is 2.14. The summed E-state index contributed by atoms with van der Waals surface area (Å²) in [5.74, 6) is -0.790. The number of esters is 1. The summed E-state index contributed by atoms with van der Waals surface area (Å²) in [6.45, 7) is 7.39. The molecule has 0 atom stereocenters. The molecule has 0 saturated carbocycles. The highest BCUT2D eigenvalue weighted by molar-refractivity contribution is 5.91. The average Bonchev–Trinajstić information content (AvgIpc) is 2.44. The third kappa shape index (κ3) is 4.60. The predicted molar refractivity (Wildman–Crippen MR) is 78.6 cm³/mol. The fraction of sp³-hybridized carbons (Fsp3) is 0.438. The van der Waals surface area contributed by atoms with Gasteiger partial charge in [0.1, 0.15) is 0 Å². The Morgan fingerprint density at radius 2 is 1.67 bits per heavy atom. The summed E-state index contributed by atoms with van der Waals surface area (Å²) in [5.41, 5.74) is 0.788. The zero-order valence-electron chi connectivity index (χ0n) is 12.8. The van der Waals surface area contributed by atoms with Crippen molar-refractivity contribution in [1.82, 2.24) is 4.90 Å². The molecular formula is C16H20N2O3. The van der Waals surface area contributed by atoms with Crippen LogP contribution in [0.1, 0.15) is 43.6 Å². The highest BCUT2D eigenvalue weighted by Crippen LogP contribution is 2.08. The maximum atomic E-state index is 12.1. The van der Waals surface area contributed by atoms with Crippen LogP contribution in [0.3, 0.4) is 0 Å². The molecule has 0 aliphatic carbocycles. The second kappa shape index (κ2) is 7.44. The Bertz CT molecular complexity index is 534. The van der Waals surface area contributed by atoms with Gasteiger partial charge in [0.2, 0.25) is 0 Å². The largest absolute Gasteiger partial charge is 0.452 e. The van der Waals surface area contributed by atoms with Gasteiger partial charge in [-0.2, -0.15) is 5.26 Å². The number of hydrogen-bond donors (Lipinski definition) is 0. The molecule has 0 spiro atoms. The summed E-state index contributed by atoms with van der Waals surface area (Å²) in [5, 5.41) is 8.69. The van der Waals surface area contributed by atoms with Crippen LogP contribution >= 0.6 is 0 Å². The minimum Gasteiger partial charge on any atom is -0.452 e. The number of nitrogens with zero attached hydrogens (tertiary/aromatic N) is 2.